The van der Waals surface area contributed by atoms with Crippen LogP contribution in [0.2, 0.25) is 0 Å². The number of fused-ring (bicyclic) bond motifs is 1. The molecule has 1 fully saturated rings. The number of allylic oxidation sites excluding steroid dienone is 3. The Kier molecular flexibility index (Phi) is 1.71. The van der Waals surface area contributed by atoms with Gasteiger partial charge in [-0.1, -0.05) is 0 Å². The van der Waals surface area contributed by atoms with Crippen LogP contribution in [0.5, 0.6) is 0 Å². The molecule has 0 radical (unpaired) electrons. The third-order valence-corrected chi connectivity index (χ3v) is 2.43. The summed E-state index contributed by atoms with van der Waals surface area (Å²) in [5.74, 6) is -2.73. The van der Waals surface area contributed by atoms with E-state index in [1.165, 1.54) is 6.08 Å². The van der Waals surface area contributed by atoms with E-state index in [-0.39, 0.29) is 17.4 Å². The van der Waals surface area contributed by atoms with Crippen molar-refractivity contribution in [2.75, 3.05) is 0 Å². The highest BCUT2D eigenvalue weighted by molar-refractivity contribution is 5.72. The third kappa shape index (κ3) is 1.36. The van der Waals surface area contributed by atoms with Crippen LogP contribution in [0.3, 0.4) is 0 Å². The summed E-state index contributed by atoms with van der Waals surface area (Å²) in [5.41, 5.74) is -0.272. The van der Waals surface area contributed by atoms with Crippen LogP contribution in [0, 0.1) is 11.8 Å². The summed E-state index contributed by atoms with van der Waals surface area (Å²) in [4.78, 5) is 10.3. The molecule has 0 aromatic heterocycles. The van der Waals surface area contributed by atoms with E-state index in [1.807, 2.05) is 0 Å². The van der Waals surface area contributed by atoms with Crippen molar-refractivity contribution >= 4 is 5.97 Å². The van der Waals surface area contributed by atoms with E-state index in [0.29, 0.717) is 6.42 Å². The molecule has 2 aliphatic carbocycles. The monoisotopic (exact) mass is 186 g/mol. The Morgan fingerprint density at radius 2 is 2.31 bits per heavy atom. The van der Waals surface area contributed by atoms with Crippen LogP contribution < -0.4 is 0 Å². The van der Waals surface area contributed by atoms with Crippen LogP contribution in [0.15, 0.2) is 23.3 Å². The molecule has 70 valence electrons. The van der Waals surface area contributed by atoms with E-state index < -0.39 is 24.0 Å². The lowest BCUT2D eigenvalue weighted by molar-refractivity contribution is -0.136. The van der Waals surface area contributed by atoms with Gasteiger partial charge in [-0.25, -0.2) is 8.78 Å². The molecule has 2 atom stereocenters. The minimum atomic E-state index is -1.20. The van der Waals surface area contributed by atoms with Gasteiger partial charge < -0.3 is 5.11 Å². The average Bonchev–Trinajstić information content (AvgIpc) is 2.76. The Hall–Kier alpha value is -1.19. The Morgan fingerprint density at radius 1 is 1.62 bits per heavy atom. The van der Waals surface area contributed by atoms with Gasteiger partial charge in [0.2, 0.25) is 0 Å². The summed E-state index contributed by atoms with van der Waals surface area (Å²) in [6, 6.07) is 0. The van der Waals surface area contributed by atoms with Gasteiger partial charge in [0.15, 0.2) is 0 Å². The van der Waals surface area contributed by atoms with Crippen LogP contribution in [0.25, 0.3) is 0 Å². The fraction of sp³-hybridized carbons (Fsp3) is 0.444. The number of rotatable bonds is 2. The maximum atomic E-state index is 13.2. The summed E-state index contributed by atoms with van der Waals surface area (Å²) < 4.78 is 26.3. The summed E-state index contributed by atoms with van der Waals surface area (Å²) in [7, 11) is 0. The number of aliphatic carboxylic acids is 1. The molecule has 1 N–H and O–H groups in total. The molecule has 1 unspecified atom stereocenters. The van der Waals surface area contributed by atoms with Gasteiger partial charge in [0.1, 0.15) is 11.7 Å². The van der Waals surface area contributed by atoms with E-state index in [4.69, 9.17) is 5.11 Å². The zero-order chi connectivity index (χ0) is 9.59. The second-order valence-electron chi connectivity index (χ2n) is 3.42. The second kappa shape index (κ2) is 2.65. The van der Waals surface area contributed by atoms with Crippen molar-refractivity contribution in [2.24, 2.45) is 11.8 Å². The standard InChI is InChI=1S/C9H8F2O2/c10-7-2-4-1-5(4)9(11)6(7)3-8(12)13/h2,4-5H,1,3H2,(H,12,13)/t4-,5?/m1/s1. The molecule has 13 heavy (non-hydrogen) atoms. The van der Waals surface area contributed by atoms with Crippen molar-refractivity contribution in [1.82, 2.24) is 0 Å². The molecule has 0 aromatic carbocycles. The Bertz CT molecular complexity index is 331. The van der Waals surface area contributed by atoms with Crippen LogP contribution in [-0.4, -0.2) is 11.1 Å². The molecule has 0 aliphatic heterocycles. The molecule has 0 amide bonds. The first-order valence-electron chi connectivity index (χ1n) is 4.07. The Morgan fingerprint density at radius 3 is 2.92 bits per heavy atom. The zero-order valence-corrected chi connectivity index (χ0v) is 6.76. The topological polar surface area (TPSA) is 37.3 Å². The Labute approximate surface area is 73.6 Å². The van der Waals surface area contributed by atoms with Gasteiger partial charge in [-0.15, -0.1) is 0 Å². The van der Waals surface area contributed by atoms with Gasteiger partial charge in [-0.05, 0) is 18.4 Å². The second-order valence-corrected chi connectivity index (χ2v) is 3.42. The van der Waals surface area contributed by atoms with Gasteiger partial charge >= 0.3 is 5.97 Å². The minimum absolute atomic E-state index is 0.0301. The first kappa shape index (κ1) is 8.41. The number of carboxylic acid groups (broad SMARTS) is 1. The van der Waals surface area contributed by atoms with E-state index in [2.05, 4.69) is 0 Å². The SMILES string of the molecule is O=C(O)CC1=C(F)C2C[C@@H]2C=C1F. The minimum Gasteiger partial charge on any atom is -0.481 e. The Balaban J connectivity index is 2.27. The lowest BCUT2D eigenvalue weighted by Gasteiger charge is -2.09. The largest absolute Gasteiger partial charge is 0.481 e. The van der Waals surface area contributed by atoms with Crippen molar-refractivity contribution in [3.8, 4) is 0 Å². The highest BCUT2D eigenvalue weighted by Gasteiger charge is 2.44. The summed E-state index contributed by atoms with van der Waals surface area (Å²) in [6.45, 7) is 0. The molecule has 0 heterocycles. The highest BCUT2D eigenvalue weighted by atomic mass is 19.1. The fourth-order valence-electron chi connectivity index (χ4n) is 1.64. The maximum Gasteiger partial charge on any atom is 0.308 e. The van der Waals surface area contributed by atoms with E-state index in [1.54, 1.807) is 0 Å². The van der Waals surface area contributed by atoms with Crippen molar-refractivity contribution in [2.45, 2.75) is 12.8 Å². The molecular formula is C9H8F2O2. The van der Waals surface area contributed by atoms with Crippen LogP contribution in [0.1, 0.15) is 12.8 Å². The van der Waals surface area contributed by atoms with Gasteiger partial charge in [0.05, 0.1) is 6.42 Å². The third-order valence-electron chi connectivity index (χ3n) is 2.43. The maximum absolute atomic E-state index is 13.2. The zero-order valence-electron chi connectivity index (χ0n) is 6.76. The van der Waals surface area contributed by atoms with Crippen LogP contribution in [-0.2, 0) is 4.79 Å². The summed E-state index contributed by atoms with van der Waals surface area (Å²) in [5, 5.41) is 8.41. The molecule has 2 nitrogen and oxygen atoms in total. The lowest BCUT2D eigenvalue weighted by Crippen LogP contribution is -2.04. The average molecular weight is 186 g/mol. The highest BCUT2D eigenvalue weighted by Crippen LogP contribution is 2.52. The predicted molar refractivity (Wildman–Crippen MR) is 41.2 cm³/mol. The number of hydrogen-bond acceptors (Lipinski definition) is 1. The molecule has 0 spiro atoms. The van der Waals surface area contributed by atoms with Crippen molar-refractivity contribution in [3.05, 3.63) is 23.3 Å². The molecular weight excluding hydrogens is 178 g/mol. The lowest BCUT2D eigenvalue weighted by atomic mass is 10.0. The number of carbonyl (C=O) groups is 1. The predicted octanol–water partition coefficient (Wildman–Crippen LogP) is 2.19. The summed E-state index contributed by atoms with van der Waals surface area (Å²) in [6.07, 6.45) is 1.38. The molecule has 4 heteroatoms. The molecule has 0 saturated heterocycles. The van der Waals surface area contributed by atoms with Crippen molar-refractivity contribution in [3.63, 3.8) is 0 Å². The quantitative estimate of drug-likeness (QED) is 0.717. The van der Waals surface area contributed by atoms with E-state index in [0.717, 1.165) is 0 Å². The van der Waals surface area contributed by atoms with E-state index in [9.17, 15) is 13.6 Å². The van der Waals surface area contributed by atoms with Gasteiger partial charge in [-0.3, -0.25) is 4.79 Å². The first-order valence-corrected chi connectivity index (χ1v) is 4.07. The van der Waals surface area contributed by atoms with Crippen LogP contribution >= 0.6 is 0 Å². The van der Waals surface area contributed by atoms with Crippen molar-refractivity contribution in [1.29, 1.82) is 0 Å². The molecule has 2 rings (SSSR count). The van der Waals surface area contributed by atoms with Crippen LogP contribution in [0.4, 0.5) is 8.78 Å². The first-order chi connectivity index (χ1) is 6.09. The van der Waals surface area contributed by atoms with Gasteiger partial charge in [-0.2, -0.15) is 0 Å². The number of hydrogen-bond donors (Lipinski definition) is 1. The molecule has 2 aliphatic rings. The fourth-order valence-corrected chi connectivity index (χ4v) is 1.64. The van der Waals surface area contributed by atoms with Gasteiger partial charge in [0, 0.05) is 11.5 Å². The smallest absolute Gasteiger partial charge is 0.308 e. The normalized spacial score (nSPS) is 31.1. The summed E-state index contributed by atoms with van der Waals surface area (Å²) >= 11 is 0. The van der Waals surface area contributed by atoms with E-state index >= 15 is 0 Å². The van der Waals surface area contributed by atoms with Gasteiger partial charge in [0.25, 0.3) is 0 Å². The number of halogens is 2. The molecule has 1 saturated carbocycles. The molecule has 0 bridgehead atoms. The number of carboxylic acids is 1. The molecule has 0 aromatic rings. The van der Waals surface area contributed by atoms with Crippen molar-refractivity contribution < 1.29 is 18.7 Å².